The van der Waals surface area contributed by atoms with Crippen molar-refractivity contribution in [3.8, 4) is 5.75 Å². The van der Waals surface area contributed by atoms with Gasteiger partial charge in [0, 0.05) is 12.2 Å². The maximum Gasteiger partial charge on any atom is 0.244 e. The van der Waals surface area contributed by atoms with Gasteiger partial charge in [0.15, 0.2) is 5.82 Å². The van der Waals surface area contributed by atoms with Gasteiger partial charge in [-0.3, -0.25) is 0 Å². The van der Waals surface area contributed by atoms with E-state index in [0.717, 1.165) is 30.8 Å². The van der Waals surface area contributed by atoms with E-state index in [1.807, 2.05) is 37.3 Å². The highest BCUT2D eigenvalue weighted by Crippen LogP contribution is 2.19. The first-order chi connectivity index (χ1) is 12.8. The second-order valence-electron chi connectivity index (χ2n) is 5.76. The lowest BCUT2D eigenvalue weighted by molar-refractivity contribution is 0.340. The van der Waals surface area contributed by atoms with Crippen LogP contribution >= 0.6 is 0 Å². The third kappa shape index (κ3) is 5.44. The van der Waals surface area contributed by atoms with Gasteiger partial charge in [-0.25, -0.2) is 0 Å². The Hall–Kier alpha value is -3.15. The number of aryl methyl sites for hydroxylation is 1. The van der Waals surface area contributed by atoms with Crippen molar-refractivity contribution in [3.05, 3.63) is 66.4 Å². The Morgan fingerprint density at radius 2 is 1.81 bits per heavy atom. The summed E-state index contributed by atoms with van der Waals surface area (Å²) in [7, 11) is 0. The van der Waals surface area contributed by atoms with Crippen molar-refractivity contribution < 1.29 is 4.74 Å². The van der Waals surface area contributed by atoms with Crippen LogP contribution in [-0.2, 0) is 6.42 Å². The molecule has 26 heavy (non-hydrogen) atoms. The summed E-state index contributed by atoms with van der Waals surface area (Å²) in [6, 6.07) is 18.2. The third-order valence-electron chi connectivity index (χ3n) is 3.76. The molecule has 0 unspecified atom stereocenters. The van der Waals surface area contributed by atoms with Crippen LogP contribution in [0.15, 0.2) is 60.8 Å². The lowest BCUT2D eigenvalue weighted by Crippen LogP contribution is -2.08. The fourth-order valence-electron chi connectivity index (χ4n) is 2.53. The summed E-state index contributed by atoms with van der Waals surface area (Å²) in [4.78, 5) is 4.44. The number of nitrogens with zero attached hydrogens (tertiary/aromatic N) is 3. The monoisotopic (exact) mass is 349 g/mol. The maximum atomic E-state index is 5.44. The van der Waals surface area contributed by atoms with Crippen molar-refractivity contribution in [2.75, 3.05) is 23.8 Å². The molecule has 0 aliphatic heterocycles. The van der Waals surface area contributed by atoms with Gasteiger partial charge in [0.05, 0.1) is 12.8 Å². The number of benzene rings is 2. The van der Waals surface area contributed by atoms with Crippen LogP contribution in [-0.4, -0.2) is 28.3 Å². The molecule has 2 aromatic carbocycles. The van der Waals surface area contributed by atoms with Crippen LogP contribution < -0.4 is 15.4 Å². The number of nitrogens with one attached hydrogen (secondary N) is 2. The molecule has 0 amide bonds. The molecule has 0 radical (unpaired) electrons. The zero-order valence-electron chi connectivity index (χ0n) is 14.9. The van der Waals surface area contributed by atoms with Crippen molar-refractivity contribution in [3.63, 3.8) is 0 Å². The molecule has 134 valence electrons. The average molecular weight is 349 g/mol. The van der Waals surface area contributed by atoms with E-state index >= 15 is 0 Å². The SMILES string of the molecule is CCOc1ccc(Nc2cnnc(NCCCc3ccccc3)n2)cc1. The van der Waals surface area contributed by atoms with Gasteiger partial charge in [-0.1, -0.05) is 30.3 Å². The van der Waals surface area contributed by atoms with Gasteiger partial charge >= 0.3 is 0 Å². The molecule has 0 bridgehead atoms. The van der Waals surface area contributed by atoms with Gasteiger partial charge in [-0.15, -0.1) is 5.10 Å². The lowest BCUT2D eigenvalue weighted by Gasteiger charge is -2.09. The smallest absolute Gasteiger partial charge is 0.244 e. The summed E-state index contributed by atoms with van der Waals surface area (Å²) in [6.45, 7) is 3.41. The molecule has 3 rings (SSSR count). The largest absolute Gasteiger partial charge is 0.494 e. The molecular formula is C20H23N5O. The van der Waals surface area contributed by atoms with E-state index in [9.17, 15) is 0 Å². The lowest BCUT2D eigenvalue weighted by atomic mass is 10.1. The third-order valence-corrected chi connectivity index (χ3v) is 3.76. The molecular weight excluding hydrogens is 326 g/mol. The fraction of sp³-hybridized carbons (Fsp3) is 0.250. The Kier molecular flexibility index (Phi) is 6.36. The molecule has 0 fully saturated rings. The van der Waals surface area contributed by atoms with Crippen molar-refractivity contribution in [1.82, 2.24) is 15.2 Å². The predicted octanol–water partition coefficient (Wildman–Crippen LogP) is 4.06. The molecule has 6 nitrogen and oxygen atoms in total. The van der Waals surface area contributed by atoms with E-state index < -0.39 is 0 Å². The molecule has 0 saturated heterocycles. The number of anilines is 3. The van der Waals surface area contributed by atoms with Crippen molar-refractivity contribution >= 4 is 17.5 Å². The van der Waals surface area contributed by atoms with E-state index in [-0.39, 0.29) is 0 Å². The van der Waals surface area contributed by atoms with E-state index in [4.69, 9.17) is 4.74 Å². The highest BCUT2D eigenvalue weighted by Gasteiger charge is 2.02. The minimum atomic E-state index is 0.522. The van der Waals surface area contributed by atoms with Gasteiger partial charge in [0.25, 0.3) is 0 Å². The normalized spacial score (nSPS) is 10.3. The number of hydrogen-bond acceptors (Lipinski definition) is 6. The first kappa shape index (κ1) is 17.7. The van der Waals surface area contributed by atoms with Gasteiger partial charge in [-0.05, 0) is 49.6 Å². The van der Waals surface area contributed by atoms with Crippen LogP contribution in [0.3, 0.4) is 0 Å². The van der Waals surface area contributed by atoms with Crippen molar-refractivity contribution in [2.45, 2.75) is 19.8 Å². The summed E-state index contributed by atoms with van der Waals surface area (Å²) in [5, 5.41) is 14.5. The van der Waals surface area contributed by atoms with E-state index in [0.29, 0.717) is 18.4 Å². The number of hydrogen-bond donors (Lipinski definition) is 2. The Morgan fingerprint density at radius 3 is 2.58 bits per heavy atom. The number of ether oxygens (including phenoxy) is 1. The Balaban J connectivity index is 1.49. The molecule has 0 spiro atoms. The number of aromatic nitrogens is 3. The minimum Gasteiger partial charge on any atom is -0.494 e. The second-order valence-corrected chi connectivity index (χ2v) is 5.76. The standard InChI is InChI=1S/C20H23N5O/c1-2-26-18-12-10-17(11-13-18)23-19-15-22-25-20(24-19)21-14-6-9-16-7-4-3-5-8-16/h3-5,7-8,10-13,15H,2,6,9,14H2,1H3,(H2,21,23,24,25). The van der Waals surface area contributed by atoms with E-state index in [2.05, 4.69) is 50.1 Å². The Bertz CT molecular complexity index is 793. The van der Waals surface area contributed by atoms with Gasteiger partial charge in [0.2, 0.25) is 5.95 Å². The van der Waals surface area contributed by atoms with Gasteiger partial charge in [0.1, 0.15) is 5.75 Å². The zero-order chi connectivity index (χ0) is 18.0. The first-order valence-corrected chi connectivity index (χ1v) is 8.81. The highest BCUT2D eigenvalue weighted by atomic mass is 16.5. The Morgan fingerprint density at radius 1 is 1.00 bits per heavy atom. The van der Waals surface area contributed by atoms with Crippen LogP contribution in [0.2, 0.25) is 0 Å². The Labute approximate surface area is 153 Å². The quantitative estimate of drug-likeness (QED) is 0.568. The first-order valence-electron chi connectivity index (χ1n) is 8.81. The molecule has 3 aromatic rings. The predicted molar refractivity (Wildman–Crippen MR) is 104 cm³/mol. The molecule has 0 aliphatic rings. The summed E-state index contributed by atoms with van der Waals surface area (Å²) in [5.74, 6) is 2.02. The van der Waals surface area contributed by atoms with E-state index in [1.54, 1.807) is 6.20 Å². The second kappa shape index (κ2) is 9.36. The van der Waals surface area contributed by atoms with Crippen LogP contribution in [0, 0.1) is 0 Å². The molecule has 1 aromatic heterocycles. The highest BCUT2D eigenvalue weighted by molar-refractivity contribution is 5.57. The summed E-state index contributed by atoms with van der Waals surface area (Å²) >= 11 is 0. The topological polar surface area (TPSA) is 72.0 Å². The fourth-order valence-corrected chi connectivity index (χ4v) is 2.53. The van der Waals surface area contributed by atoms with Gasteiger partial charge in [-0.2, -0.15) is 10.1 Å². The van der Waals surface area contributed by atoms with E-state index in [1.165, 1.54) is 5.56 Å². The van der Waals surface area contributed by atoms with Crippen molar-refractivity contribution in [1.29, 1.82) is 0 Å². The number of rotatable bonds is 9. The van der Waals surface area contributed by atoms with Crippen LogP contribution in [0.1, 0.15) is 18.9 Å². The van der Waals surface area contributed by atoms with Crippen molar-refractivity contribution in [2.24, 2.45) is 0 Å². The van der Waals surface area contributed by atoms with Crippen LogP contribution in [0.5, 0.6) is 5.75 Å². The molecule has 6 heteroatoms. The average Bonchev–Trinajstić information content (AvgIpc) is 2.68. The zero-order valence-corrected chi connectivity index (χ0v) is 14.9. The molecule has 0 atom stereocenters. The van der Waals surface area contributed by atoms with Crippen LogP contribution in [0.4, 0.5) is 17.5 Å². The molecule has 0 saturated carbocycles. The minimum absolute atomic E-state index is 0.522. The summed E-state index contributed by atoms with van der Waals surface area (Å²) < 4.78 is 5.44. The molecule has 0 aliphatic carbocycles. The van der Waals surface area contributed by atoms with Crippen LogP contribution in [0.25, 0.3) is 0 Å². The molecule has 2 N–H and O–H groups in total. The summed E-state index contributed by atoms with van der Waals surface area (Å²) in [5.41, 5.74) is 2.25. The maximum absolute atomic E-state index is 5.44. The summed E-state index contributed by atoms with van der Waals surface area (Å²) in [6.07, 6.45) is 3.63. The molecule has 1 heterocycles. The van der Waals surface area contributed by atoms with Gasteiger partial charge < -0.3 is 15.4 Å².